The van der Waals surface area contributed by atoms with E-state index in [0.717, 1.165) is 23.7 Å². The van der Waals surface area contributed by atoms with Crippen molar-refractivity contribution in [3.8, 4) is 0 Å². The quantitative estimate of drug-likeness (QED) is 0.218. The molecule has 2 aliphatic carbocycles. The van der Waals surface area contributed by atoms with Gasteiger partial charge in [0, 0.05) is 0 Å². The molecule has 2 fully saturated rings. The molecule has 0 N–H and O–H groups in total. The summed E-state index contributed by atoms with van der Waals surface area (Å²) in [5.41, 5.74) is 0. The van der Waals surface area contributed by atoms with Crippen molar-refractivity contribution in [3.05, 3.63) is 0 Å². The lowest BCUT2D eigenvalue weighted by Gasteiger charge is -2.19. The molecule has 0 aromatic rings. The molecule has 0 aromatic heterocycles. The molecule has 0 nitrogen and oxygen atoms in total. The second-order valence-electron chi connectivity index (χ2n) is 11.0. The van der Waals surface area contributed by atoms with Crippen LogP contribution in [0.4, 0.5) is 0 Å². The fraction of sp³-hybridized carbons (Fsp3) is 1.00. The standard InChI is InChI=1S/C16H32.C14H28/c1-3-5-7-8-9-12-16-14-10-13-15(16)11-6-4-2;1-3-5-6-7-9-14-11-10-13(12-14)8-4-2/h15-16H,3-14H2,1-2H3;13-14H,3-12H2,1-2H3. The molecular weight excluding hydrogens is 360 g/mol. The lowest BCUT2D eigenvalue weighted by atomic mass is 9.87. The SMILES string of the molecule is CCCCCCC1CCC(CCC)C1.CCCCCCCC1CCCC1CCCC. The van der Waals surface area contributed by atoms with Gasteiger partial charge in [-0.05, 0) is 30.1 Å². The van der Waals surface area contributed by atoms with Crippen LogP contribution in [0, 0.1) is 23.7 Å². The highest BCUT2D eigenvalue weighted by Gasteiger charge is 2.25. The summed E-state index contributed by atoms with van der Waals surface area (Å²) in [5.74, 6) is 4.40. The fourth-order valence-electron chi connectivity index (χ4n) is 6.32. The Morgan fingerprint density at radius 2 is 0.933 bits per heavy atom. The molecule has 4 atom stereocenters. The van der Waals surface area contributed by atoms with E-state index in [1.807, 2.05) is 0 Å². The molecule has 4 unspecified atom stereocenters. The molecule has 0 aliphatic heterocycles. The Morgan fingerprint density at radius 3 is 1.53 bits per heavy atom. The largest absolute Gasteiger partial charge is 0.0654 e. The van der Waals surface area contributed by atoms with Crippen molar-refractivity contribution in [2.24, 2.45) is 23.7 Å². The highest BCUT2D eigenvalue weighted by molar-refractivity contribution is 4.77. The van der Waals surface area contributed by atoms with E-state index in [-0.39, 0.29) is 0 Å². The van der Waals surface area contributed by atoms with Crippen LogP contribution in [0.2, 0.25) is 0 Å². The van der Waals surface area contributed by atoms with Gasteiger partial charge in [0.2, 0.25) is 0 Å². The second-order valence-corrected chi connectivity index (χ2v) is 11.0. The molecule has 180 valence electrons. The van der Waals surface area contributed by atoms with E-state index in [0.29, 0.717) is 0 Å². The Labute approximate surface area is 192 Å². The molecule has 30 heavy (non-hydrogen) atoms. The highest BCUT2D eigenvalue weighted by Crippen LogP contribution is 2.38. The molecule has 0 bridgehead atoms. The van der Waals surface area contributed by atoms with Crippen LogP contribution in [0.5, 0.6) is 0 Å². The summed E-state index contributed by atoms with van der Waals surface area (Å²) in [5, 5.41) is 0. The molecule has 0 aromatic carbocycles. The summed E-state index contributed by atoms with van der Waals surface area (Å²) >= 11 is 0. The first-order chi connectivity index (χ1) is 14.7. The van der Waals surface area contributed by atoms with Crippen molar-refractivity contribution in [2.45, 2.75) is 169 Å². The smallest absolute Gasteiger partial charge is 0.0386 e. The monoisotopic (exact) mass is 420 g/mol. The van der Waals surface area contributed by atoms with Crippen molar-refractivity contribution in [1.82, 2.24) is 0 Å². The van der Waals surface area contributed by atoms with E-state index in [2.05, 4.69) is 27.7 Å². The van der Waals surface area contributed by atoms with Crippen LogP contribution in [-0.4, -0.2) is 0 Å². The molecule has 0 heterocycles. The van der Waals surface area contributed by atoms with Gasteiger partial charge in [-0.15, -0.1) is 0 Å². The number of hydrogen-bond donors (Lipinski definition) is 0. The molecule has 2 saturated carbocycles. The van der Waals surface area contributed by atoms with Crippen LogP contribution in [0.3, 0.4) is 0 Å². The number of hydrogen-bond acceptors (Lipinski definition) is 0. The van der Waals surface area contributed by atoms with Crippen LogP contribution in [0.1, 0.15) is 169 Å². The molecule has 0 spiro atoms. The predicted octanol–water partition coefficient (Wildman–Crippen LogP) is 11.1. The number of rotatable bonds is 16. The van der Waals surface area contributed by atoms with E-state index < -0.39 is 0 Å². The second kappa shape index (κ2) is 19.7. The maximum absolute atomic E-state index is 2.33. The van der Waals surface area contributed by atoms with Crippen LogP contribution in [-0.2, 0) is 0 Å². The Morgan fingerprint density at radius 1 is 0.433 bits per heavy atom. The summed E-state index contributed by atoms with van der Waals surface area (Å²) in [6.07, 6.45) is 32.7. The molecule has 0 radical (unpaired) electrons. The van der Waals surface area contributed by atoms with Gasteiger partial charge in [0.25, 0.3) is 0 Å². The summed E-state index contributed by atoms with van der Waals surface area (Å²) in [7, 11) is 0. The van der Waals surface area contributed by atoms with Gasteiger partial charge in [0.15, 0.2) is 0 Å². The van der Waals surface area contributed by atoms with Crippen molar-refractivity contribution >= 4 is 0 Å². The zero-order chi connectivity index (χ0) is 21.9. The predicted molar refractivity (Wildman–Crippen MR) is 138 cm³/mol. The maximum atomic E-state index is 2.33. The first-order valence-electron chi connectivity index (χ1n) is 14.7. The zero-order valence-electron chi connectivity index (χ0n) is 21.9. The van der Waals surface area contributed by atoms with Crippen LogP contribution >= 0.6 is 0 Å². The minimum Gasteiger partial charge on any atom is -0.0654 e. The summed E-state index contributed by atoms with van der Waals surface area (Å²) < 4.78 is 0. The normalized spacial score (nSPS) is 26.0. The minimum absolute atomic E-state index is 1.09. The molecule has 2 aliphatic rings. The topological polar surface area (TPSA) is 0 Å². The van der Waals surface area contributed by atoms with Gasteiger partial charge in [0.05, 0.1) is 0 Å². The van der Waals surface area contributed by atoms with E-state index >= 15 is 0 Å². The van der Waals surface area contributed by atoms with Crippen LogP contribution < -0.4 is 0 Å². The fourth-order valence-corrected chi connectivity index (χ4v) is 6.32. The van der Waals surface area contributed by atoms with Crippen LogP contribution in [0.25, 0.3) is 0 Å². The molecular formula is C30H60. The lowest BCUT2D eigenvalue weighted by molar-refractivity contribution is 0.325. The highest BCUT2D eigenvalue weighted by atomic mass is 14.3. The van der Waals surface area contributed by atoms with Crippen molar-refractivity contribution in [3.63, 3.8) is 0 Å². The number of unbranched alkanes of at least 4 members (excludes halogenated alkanes) is 8. The summed E-state index contributed by atoms with van der Waals surface area (Å²) in [4.78, 5) is 0. The molecule has 2 rings (SSSR count). The van der Waals surface area contributed by atoms with Crippen molar-refractivity contribution in [2.75, 3.05) is 0 Å². The van der Waals surface area contributed by atoms with E-state index in [1.165, 1.54) is 122 Å². The van der Waals surface area contributed by atoms with E-state index in [9.17, 15) is 0 Å². The van der Waals surface area contributed by atoms with Crippen molar-refractivity contribution < 1.29 is 0 Å². The zero-order valence-corrected chi connectivity index (χ0v) is 21.9. The third kappa shape index (κ3) is 13.4. The maximum Gasteiger partial charge on any atom is -0.0386 e. The van der Waals surface area contributed by atoms with Gasteiger partial charge in [-0.25, -0.2) is 0 Å². The minimum atomic E-state index is 1.09. The van der Waals surface area contributed by atoms with E-state index in [4.69, 9.17) is 0 Å². The van der Waals surface area contributed by atoms with Gasteiger partial charge in [-0.1, -0.05) is 163 Å². The molecule has 0 heteroatoms. The third-order valence-electron chi connectivity index (χ3n) is 8.24. The first kappa shape index (κ1) is 28.0. The third-order valence-corrected chi connectivity index (χ3v) is 8.24. The Hall–Kier alpha value is 0. The summed E-state index contributed by atoms with van der Waals surface area (Å²) in [6.45, 7) is 9.26. The Balaban J connectivity index is 0.000000303. The molecule has 0 saturated heterocycles. The lowest BCUT2D eigenvalue weighted by Crippen LogP contribution is -2.07. The first-order valence-corrected chi connectivity index (χ1v) is 14.7. The average molecular weight is 421 g/mol. The van der Waals surface area contributed by atoms with Gasteiger partial charge in [-0.3, -0.25) is 0 Å². The average Bonchev–Trinajstić information content (AvgIpc) is 3.39. The van der Waals surface area contributed by atoms with Gasteiger partial charge >= 0.3 is 0 Å². The van der Waals surface area contributed by atoms with Gasteiger partial charge in [-0.2, -0.15) is 0 Å². The van der Waals surface area contributed by atoms with E-state index in [1.54, 1.807) is 19.3 Å². The van der Waals surface area contributed by atoms with Crippen molar-refractivity contribution in [1.29, 1.82) is 0 Å². The Kier molecular flexibility index (Phi) is 18.4. The summed E-state index contributed by atoms with van der Waals surface area (Å²) in [6, 6.07) is 0. The van der Waals surface area contributed by atoms with Crippen LogP contribution in [0.15, 0.2) is 0 Å². The van der Waals surface area contributed by atoms with Gasteiger partial charge < -0.3 is 0 Å². The van der Waals surface area contributed by atoms with Gasteiger partial charge in [0.1, 0.15) is 0 Å². The molecule has 0 amide bonds. The Bertz CT molecular complexity index is 346.